The van der Waals surface area contributed by atoms with Gasteiger partial charge in [0.05, 0.1) is 39.9 Å². The molecule has 0 aromatic carbocycles. The second kappa shape index (κ2) is 32.4. The van der Waals surface area contributed by atoms with Gasteiger partial charge in [0.2, 0.25) is 0 Å². The Bertz CT molecular complexity index is 4960. The zero-order valence-corrected chi connectivity index (χ0v) is 61.4. The zero-order valence-electron chi connectivity index (χ0n) is 61.4. The molecular weight excluding hydrogens is 1410 g/mol. The van der Waals surface area contributed by atoms with Crippen LogP contribution in [0.4, 0.5) is 54.0 Å². The average molecular weight is 1510 g/mol. The number of alkyl halides is 3. The number of nitrogens with zero attached hydrogens (tertiary/aromatic N) is 16. The fourth-order valence-corrected chi connectivity index (χ4v) is 15.2. The zero-order chi connectivity index (χ0) is 77.1. The van der Waals surface area contributed by atoms with E-state index in [4.69, 9.17) is 17.2 Å². The molecule has 12 aromatic rings. The lowest BCUT2D eigenvalue weighted by Crippen LogP contribution is -2.61. The number of aromatic amines is 4. The van der Waals surface area contributed by atoms with Crippen molar-refractivity contribution < 1.29 is 45.2 Å². The summed E-state index contributed by atoms with van der Waals surface area (Å²) < 4.78 is 96.6. The van der Waals surface area contributed by atoms with E-state index in [2.05, 4.69) is 127 Å². The Hall–Kier alpha value is -10.4. The van der Waals surface area contributed by atoms with Crippen LogP contribution in [-0.2, 0) is 0 Å². The van der Waals surface area contributed by atoms with Gasteiger partial charge in [-0.2, -0.15) is 33.6 Å². The molecule has 0 aliphatic carbocycles. The number of hydrogen-bond donors (Lipinski definition) is 9. The number of halogens is 7. The predicted octanol–water partition coefficient (Wildman–Crippen LogP) is 13.0. The summed E-state index contributed by atoms with van der Waals surface area (Å²) in [5, 5.41) is 52.8. The number of aliphatic hydroxyl groups is 2. The fraction of sp³-hybridized carbons (Fsp3) is 0.429. The summed E-state index contributed by atoms with van der Waals surface area (Å²) in [5.74, 6) is 0.861. The molecule has 16 heterocycles. The summed E-state index contributed by atoms with van der Waals surface area (Å²) in [5.41, 5.74) is 21.6. The lowest BCUT2D eigenvalue weighted by Gasteiger charge is -2.45. The van der Waals surface area contributed by atoms with Crippen LogP contribution in [0.3, 0.4) is 0 Å². The molecular formula is C77H96F7N23O2. The molecule has 109 heavy (non-hydrogen) atoms. The van der Waals surface area contributed by atoms with E-state index in [0.29, 0.717) is 155 Å². The number of nitrogens with two attached hydrogens (primary N) is 3. The Balaban J connectivity index is 0.000000157. The molecule has 12 aromatic heterocycles. The molecule has 6 atom stereocenters. The minimum atomic E-state index is -4.17. The van der Waals surface area contributed by atoms with Gasteiger partial charge >= 0.3 is 6.18 Å². The minimum Gasteiger partial charge on any atom is -0.386 e. The lowest BCUT2D eigenvalue weighted by atomic mass is 9.81. The van der Waals surface area contributed by atoms with Crippen LogP contribution in [0.15, 0.2) is 122 Å². The molecule has 0 saturated carbocycles. The van der Waals surface area contributed by atoms with Crippen LogP contribution in [0.1, 0.15) is 97.2 Å². The second-order valence-corrected chi connectivity index (χ2v) is 29.9. The number of fused-ring (bicyclic) bond motifs is 4. The summed E-state index contributed by atoms with van der Waals surface area (Å²) in [6, 6.07) is 26.0. The van der Waals surface area contributed by atoms with Gasteiger partial charge in [0.1, 0.15) is 46.0 Å². The summed E-state index contributed by atoms with van der Waals surface area (Å²) in [4.78, 5) is 42.7. The molecule has 16 rings (SSSR count). The molecule has 4 saturated heterocycles. The molecule has 4 aliphatic rings. The number of rotatable bonds is 14. The van der Waals surface area contributed by atoms with Crippen molar-refractivity contribution in [1.82, 2.24) is 80.7 Å². The predicted molar refractivity (Wildman–Crippen MR) is 412 cm³/mol. The maximum atomic E-state index is 14.6. The van der Waals surface area contributed by atoms with Crippen LogP contribution in [0, 0.1) is 52.9 Å². The molecule has 4 fully saturated rings. The van der Waals surface area contributed by atoms with E-state index in [1.165, 1.54) is 30.3 Å². The highest BCUT2D eigenvalue weighted by atomic mass is 19.4. The number of H-pyrrole nitrogens is 4. The monoisotopic (exact) mass is 1510 g/mol. The largest absolute Gasteiger partial charge is 0.391 e. The summed E-state index contributed by atoms with van der Waals surface area (Å²) >= 11 is 0. The van der Waals surface area contributed by atoms with E-state index in [9.17, 15) is 40.9 Å². The van der Waals surface area contributed by atoms with Gasteiger partial charge in [-0.1, -0.05) is 41.5 Å². The fourth-order valence-electron chi connectivity index (χ4n) is 15.2. The minimum absolute atomic E-state index is 0. The summed E-state index contributed by atoms with van der Waals surface area (Å²) in [7, 11) is 0. The quantitative estimate of drug-likeness (QED) is 0.0457. The van der Waals surface area contributed by atoms with E-state index in [1.807, 2.05) is 34.1 Å². The third-order valence-corrected chi connectivity index (χ3v) is 20.9. The van der Waals surface area contributed by atoms with Crippen LogP contribution < -0.4 is 36.8 Å². The van der Waals surface area contributed by atoms with Crippen molar-refractivity contribution in [3.8, 4) is 45.6 Å². The van der Waals surface area contributed by atoms with Gasteiger partial charge in [-0.05, 0) is 172 Å². The van der Waals surface area contributed by atoms with E-state index >= 15 is 0 Å². The molecule has 1 unspecified atom stereocenters. The highest BCUT2D eigenvalue weighted by molar-refractivity contribution is 5.92. The van der Waals surface area contributed by atoms with Crippen molar-refractivity contribution in [2.75, 3.05) is 72.0 Å². The first-order valence-corrected chi connectivity index (χ1v) is 36.8. The third-order valence-electron chi connectivity index (χ3n) is 20.9. The van der Waals surface area contributed by atoms with Crippen LogP contribution in [0.5, 0.6) is 0 Å². The van der Waals surface area contributed by atoms with Crippen LogP contribution >= 0.6 is 0 Å². The molecule has 0 spiro atoms. The van der Waals surface area contributed by atoms with Crippen molar-refractivity contribution in [1.29, 1.82) is 0 Å². The topological polar surface area (TPSA) is 349 Å². The molecule has 25 nitrogen and oxygen atoms in total. The van der Waals surface area contributed by atoms with Gasteiger partial charge in [0.25, 0.3) is 0 Å². The second-order valence-electron chi connectivity index (χ2n) is 29.9. The number of nitrogens with one attached hydrogen (secondary N) is 4. The number of β-amino-alcohol motifs (C(OH)–C–C–N with tert-alkyl or cyclic N) is 2. The maximum Gasteiger partial charge on any atom is 0.391 e. The third kappa shape index (κ3) is 16.9. The number of aromatic nitrogens is 16. The molecule has 0 amide bonds. The number of hydrogen-bond acceptors (Lipinski definition) is 21. The van der Waals surface area contributed by atoms with Crippen molar-refractivity contribution in [2.24, 2.45) is 46.8 Å². The average Bonchev–Trinajstić information content (AvgIpc) is 0.868. The highest BCUT2D eigenvalue weighted by Crippen LogP contribution is 2.39. The first-order valence-electron chi connectivity index (χ1n) is 36.8. The van der Waals surface area contributed by atoms with Gasteiger partial charge in [-0.15, -0.1) is 0 Å². The lowest BCUT2D eigenvalue weighted by molar-refractivity contribution is -0.179. The van der Waals surface area contributed by atoms with Gasteiger partial charge in [0.15, 0.2) is 45.9 Å². The number of piperidine rings is 4. The normalized spacial score (nSPS) is 20.4. The van der Waals surface area contributed by atoms with E-state index in [0.717, 1.165) is 37.1 Å². The molecule has 12 N–H and O–H groups in total. The Labute approximate surface area is 628 Å². The van der Waals surface area contributed by atoms with Gasteiger partial charge in [0, 0.05) is 121 Å². The molecule has 580 valence electrons. The Morgan fingerprint density at radius 3 is 1.10 bits per heavy atom. The number of anilines is 4. The Kier molecular flexibility index (Phi) is 22.8. The Morgan fingerprint density at radius 2 is 0.780 bits per heavy atom. The van der Waals surface area contributed by atoms with Gasteiger partial charge < -0.3 is 47.0 Å². The molecule has 0 bridgehead atoms. The van der Waals surface area contributed by atoms with Crippen molar-refractivity contribution in [3.05, 3.63) is 145 Å². The van der Waals surface area contributed by atoms with Crippen molar-refractivity contribution >= 4 is 67.4 Å². The molecule has 4 aliphatic heterocycles. The van der Waals surface area contributed by atoms with E-state index < -0.39 is 40.7 Å². The van der Waals surface area contributed by atoms with Crippen LogP contribution in [-0.4, -0.2) is 179 Å². The first-order chi connectivity index (χ1) is 52.2. The standard InChI is InChI=1S/2C20H25FN6O.C20H25FN6.C17H15F4N5.3H2/c2*1-12(2)10-20(28)11-27(9-7-15(20)22)16-6-5-14(21)18(24-16)17-13-4-3-8-23-19(13)26-25-17;1-12(2)17(22)13-5-4-10-27(11-13)16-8-7-15(21)19(24-16)18-14-6-3-9-23-20(14)26-25-18;18-12-3-4-13(26-8-5-10(6-9-26)17(19,20)21)23-15(12)14-11-2-1-7-22-16(11)25-24-14;;;/h2*3-6,8,12,15,28H,7,9-11,22H2,1-2H3,(H,23,25,26);3,6-9,12-13,17H,4-5,10-11,22H2,1-2H3,(H,23,25,26);1-4,7,10H,5-6,8-9H2,(H,22,24,25);3*1H/t2*15-,20-;13-,17?;;;;/m100..../s1. The van der Waals surface area contributed by atoms with Gasteiger partial charge in [-0.25, -0.2) is 57.4 Å². The SMILES string of the molecule is CC(C)C(N)[C@H]1CCCN(c2ccc(F)c(-c3[nH]nc4ncccc34)n2)C1.CC(C)C[C@@]1(O)CN(c2ccc(F)c(-c3[nH]nc4ncccc34)n2)CC[C@H]1N.CC(C)C[C@]1(O)CN(c2ccc(F)c(-c3[nH]nc4ncccc34)n2)CC[C@@H]1N.Fc1ccc(N2CCC(C(F)(F)F)CC2)nc1-c1[nH]nc2ncccc12.[HH].[HH].[HH]. The summed E-state index contributed by atoms with van der Waals surface area (Å²) in [6.07, 6.45) is 7.07. The van der Waals surface area contributed by atoms with Crippen LogP contribution in [0.25, 0.3) is 89.7 Å². The summed E-state index contributed by atoms with van der Waals surface area (Å²) in [6.45, 7) is 16.9. The molecule has 32 heteroatoms. The molecule has 0 radical (unpaired) electrons. The first kappa shape index (κ1) is 76.8. The van der Waals surface area contributed by atoms with Crippen LogP contribution in [0.2, 0.25) is 0 Å². The Morgan fingerprint density at radius 1 is 0.459 bits per heavy atom. The smallest absolute Gasteiger partial charge is 0.386 e. The van der Waals surface area contributed by atoms with Crippen molar-refractivity contribution in [3.63, 3.8) is 0 Å². The number of pyridine rings is 8. The maximum absolute atomic E-state index is 14.6. The van der Waals surface area contributed by atoms with E-state index in [1.54, 1.807) is 72.2 Å². The van der Waals surface area contributed by atoms with E-state index in [-0.39, 0.29) is 76.9 Å². The van der Waals surface area contributed by atoms with Crippen molar-refractivity contribution in [2.45, 2.75) is 128 Å². The highest BCUT2D eigenvalue weighted by Gasteiger charge is 2.44. The van der Waals surface area contributed by atoms with Gasteiger partial charge in [-0.3, -0.25) is 20.4 Å².